The van der Waals surface area contributed by atoms with Gasteiger partial charge in [0.2, 0.25) is 0 Å². The summed E-state index contributed by atoms with van der Waals surface area (Å²) in [6.45, 7) is 0. The summed E-state index contributed by atoms with van der Waals surface area (Å²) in [6.07, 6.45) is 1.65. The van der Waals surface area contributed by atoms with Gasteiger partial charge in [0.1, 0.15) is 0 Å². The molecule has 0 aliphatic carbocycles. The highest BCUT2D eigenvalue weighted by Crippen LogP contribution is 2.28. The normalized spacial score (nSPS) is 10.8. The molecule has 0 unspecified atom stereocenters. The highest BCUT2D eigenvalue weighted by atomic mass is 35.5. The van der Waals surface area contributed by atoms with Crippen molar-refractivity contribution >= 4 is 39.7 Å². The van der Waals surface area contributed by atoms with E-state index in [2.05, 4.69) is 4.98 Å². The molecule has 5 N–H and O–H groups in total. The summed E-state index contributed by atoms with van der Waals surface area (Å²) >= 11 is 6.09. The van der Waals surface area contributed by atoms with Crippen LogP contribution >= 0.6 is 11.6 Å². The number of hydrogen-bond donors (Lipinski definition) is 3. The van der Waals surface area contributed by atoms with E-state index in [0.717, 1.165) is 10.9 Å². The van der Waals surface area contributed by atoms with Gasteiger partial charge in [0.05, 0.1) is 10.5 Å². The van der Waals surface area contributed by atoms with Gasteiger partial charge in [-0.25, -0.2) is 0 Å². The van der Waals surface area contributed by atoms with Crippen LogP contribution in [0.2, 0.25) is 5.02 Å². The van der Waals surface area contributed by atoms with E-state index in [1.807, 2.05) is 12.1 Å². The molecule has 3 aromatic rings. The number of fused-ring (bicyclic) bond motifs is 1. The van der Waals surface area contributed by atoms with Crippen LogP contribution in [0.4, 0.5) is 11.4 Å². The Morgan fingerprint density at radius 2 is 1.90 bits per heavy atom. The number of hydrogen-bond acceptors (Lipinski definition) is 3. The van der Waals surface area contributed by atoms with Crippen LogP contribution in [0.5, 0.6) is 0 Å². The zero-order valence-electron chi connectivity index (χ0n) is 10.5. The zero-order chi connectivity index (χ0) is 14.3. The maximum atomic E-state index is 12.6. The number of aromatic amines is 1. The number of aromatic nitrogens is 1. The van der Waals surface area contributed by atoms with Crippen molar-refractivity contribution in [1.29, 1.82) is 0 Å². The van der Waals surface area contributed by atoms with Gasteiger partial charge >= 0.3 is 0 Å². The number of ketones is 1. The van der Waals surface area contributed by atoms with E-state index in [0.29, 0.717) is 27.5 Å². The summed E-state index contributed by atoms with van der Waals surface area (Å²) in [4.78, 5) is 15.6. The molecule has 0 radical (unpaired) electrons. The molecule has 0 aliphatic rings. The number of anilines is 2. The predicted molar refractivity (Wildman–Crippen MR) is 82.0 cm³/mol. The van der Waals surface area contributed by atoms with Gasteiger partial charge in [-0.3, -0.25) is 4.79 Å². The third-order valence-electron chi connectivity index (χ3n) is 3.23. The molecular formula is C15H12ClN3O. The van der Waals surface area contributed by atoms with Crippen LogP contribution in [-0.2, 0) is 0 Å². The average Bonchev–Trinajstić information content (AvgIpc) is 2.83. The molecule has 5 heteroatoms. The molecule has 0 saturated carbocycles. The molecule has 2 aromatic carbocycles. The lowest BCUT2D eigenvalue weighted by atomic mass is 10.0. The SMILES string of the molecule is Nc1ccc(C(=O)c2c[nH]c3c(Cl)cccc23)c(N)c1. The number of nitrogen functional groups attached to an aromatic ring is 2. The lowest BCUT2D eigenvalue weighted by Gasteiger charge is -2.05. The van der Waals surface area contributed by atoms with Crippen molar-refractivity contribution in [1.82, 2.24) is 4.98 Å². The van der Waals surface area contributed by atoms with Gasteiger partial charge in [-0.15, -0.1) is 0 Å². The highest BCUT2D eigenvalue weighted by molar-refractivity contribution is 6.36. The first kappa shape index (κ1) is 12.6. The first-order valence-corrected chi connectivity index (χ1v) is 6.41. The third kappa shape index (κ3) is 1.90. The number of benzene rings is 2. The predicted octanol–water partition coefficient (Wildman–Crippen LogP) is 3.22. The lowest BCUT2D eigenvalue weighted by Crippen LogP contribution is -2.05. The van der Waals surface area contributed by atoms with E-state index in [9.17, 15) is 4.79 Å². The molecule has 100 valence electrons. The van der Waals surface area contributed by atoms with Gasteiger partial charge in [-0.05, 0) is 24.3 Å². The first-order chi connectivity index (χ1) is 9.58. The Hall–Kier alpha value is -2.46. The van der Waals surface area contributed by atoms with Crippen molar-refractivity contribution in [2.45, 2.75) is 0 Å². The summed E-state index contributed by atoms with van der Waals surface area (Å²) in [5, 5.41) is 1.35. The second-order valence-electron chi connectivity index (χ2n) is 4.54. The Bertz CT molecular complexity index is 823. The van der Waals surface area contributed by atoms with Gasteiger partial charge in [0.15, 0.2) is 5.78 Å². The van der Waals surface area contributed by atoms with E-state index < -0.39 is 0 Å². The molecule has 4 nitrogen and oxygen atoms in total. The van der Waals surface area contributed by atoms with Crippen molar-refractivity contribution in [3.05, 3.63) is 58.7 Å². The fraction of sp³-hybridized carbons (Fsp3) is 0. The fourth-order valence-electron chi connectivity index (χ4n) is 2.24. The number of nitrogens with two attached hydrogens (primary N) is 2. The number of halogens is 1. The Morgan fingerprint density at radius 3 is 2.65 bits per heavy atom. The second kappa shape index (κ2) is 4.58. The minimum atomic E-state index is -0.156. The standard InChI is InChI=1S/C15H12ClN3O/c16-12-3-1-2-9-11(7-19-14(9)12)15(20)10-5-4-8(17)6-13(10)18/h1-7,19H,17-18H2. The van der Waals surface area contributed by atoms with Crippen LogP contribution in [0.25, 0.3) is 10.9 Å². The van der Waals surface area contributed by atoms with Crippen molar-refractivity contribution in [3.8, 4) is 0 Å². The Kier molecular flexibility index (Phi) is 2.88. The van der Waals surface area contributed by atoms with E-state index in [1.54, 1.807) is 30.5 Å². The zero-order valence-corrected chi connectivity index (χ0v) is 11.2. The molecule has 0 spiro atoms. The molecule has 1 aromatic heterocycles. The van der Waals surface area contributed by atoms with Crippen molar-refractivity contribution in [3.63, 3.8) is 0 Å². The molecule has 0 atom stereocenters. The average molecular weight is 286 g/mol. The topological polar surface area (TPSA) is 84.9 Å². The molecule has 0 saturated heterocycles. The number of para-hydroxylation sites is 1. The van der Waals surface area contributed by atoms with Crippen LogP contribution in [0.3, 0.4) is 0 Å². The van der Waals surface area contributed by atoms with E-state index in [-0.39, 0.29) is 5.78 Å². The van der Waals surface area contributed by atoms with Gasteiger partial charge in [-0.2, -0.15) is 0 Å². The number of carbonyl (C=O) groups excluding carboxylic acids is 1. The van der Waals surface area contributed by atoms with E-state index in [4.69, 9.17) is 23.1 Å². The van der Waals surface area contributed by atoms with Crippen LogP contribution in [0.1, 0.15) is 15.9 Å². The summed E-state index contributed by atoms with van der Waals surface area (Å²) in [7, 11) is 0. The monoisotopic (exact) mass is 285 g/mol. The smallest absolute Gasteiger partial charge is 0.197 e. The van der Waals surface area contributed by atoms with Crippen LogP contribution in [-0.4, -0.2) is 10.8 Å². The Labute approximate surface area is 120 Å². The molecule has 0 bridgehead atoms. The lowest BCUT2D eigenvalue weighted by molar-refractivity contribution is 0.104. The number of carbonyl (C=O) groups is 1. The maximum absolute atomic E-state index is 12.6. The maximum Gasteiger partial charge on any atom is 0.197 e. The second-order valence-corrected chi connectivity index (χ2v) is 4.95. The summed E-state index contributed by atoms with van der Waals surface area (Å²) in [5.74, 6) is -0.156. The molecule has 20 heavy (non-hydrogen) atoms. The van der Waals surface area contributed by atoms with Crippen molar-refractivity contribution < 1.29 is 4.79 Å². The van der Waals surface area contributed by atoms with Gasteiger partial charge in [-0.1, -0.05) is 23.7 Å². The number of nitrogens with one attached hydrogen (secondary N) is 1. The number of rotatable bonds is 2. The molecule has 3 rings (SSSR count). The van der Waals surface area contributed by atoms with Crippen LogP contribution in [0, 0.1) is 0 Å². The number of H-pyrrole nitrogens is 1. The van der Waals surface area contributed by atoms with Gasteiger partial charge in [0, 0.05) is 34.1 Å². The van der Waals surface area contributed by atoms with Gasteiger partial charge in [0.25, 0.3) is 0 Å². The summed E-state index contributed by atoms with van der Waals surface area (Å²) in [5.41, 5.74) is 14.1. The third-order valence-corrected chi connectivity index (χ3v) is 3.54. The Balaban J connectivity index is 2.16. The van der Waals surface area contributed by atoms with Crippen molar-refractivity contribution in [2.75, 3.05) is 11.5 Å². The quantitative estimate of drug-likeness (QED) is 0.499. The van der Waals surface area contributed by atoms with Crippen molar-refractivity contribution in [2.24, 2.45) is 0 Å². The first-order valence-electron chi connectivity index (χ1n) is 6.03. The minimum Gasteiger partial charge on any atom is -0.399 e. The molecule has 0 aliphatic heterocycles. The fourth-order valence-corrected chi connectivity index (χ4v) is 2.47. The molecule has 1 heterocycles. The van der Waals surface area contributed by atoms with Crippen LogP contribution in [0.15, 0.2) is 42.6 Å². The molecular weight excluding hydrogens is 274 g/mol. The summed E-state index contributed by atoms with van der Waals surface area (Å²) < 4.78 is 0. The largest absolute Gasteiger partial charge is 0.399 e. The molecule has 0 amide bonds. The van der Waals surface area contributed by atoms with E-state index in [1.165, 1.54) is 0 Å². The van der Waals surface area contributed by atoms with Gasteiger partial charge < -0.3 is 16.5 Å². The minimum absolute atomic E-state index is 0.156. The Morgan fingerprint density at radius 1 is 1.10 bits per heavy atom. The summed E-state index contributed by atoms with van der Waals surface area (Å²) in [6, 6.07) is 10.3. The molecule has 0 fully saturated rings. The highest BCUT2D eigenvalue weighted by Gasteiger charge is 2.17. The van der Waals surface area contributed by atoms with Crippen LogP contribution < -0.4 is 11.5 Å². The van der Waals surface area contributed by atoms with E-state index >= 15 is 0 Å².